The van der Waals surface area contributed by atoms with Crippen molar-refractivity contribution >= 4 is 0 Å². The molecule has 3 heteroatoms. The lowest BCUT2D eigenvalue weighted by Crippen LogP contribution is -2.57. The Kier molecular flexibility index (Phi) is 5.19. The number of hydrogen-bond acceptors (Lipinski definition) is 3. The van der Waals surface area contributed by atoms with E-state index in [0.717, 1.165) is 19.4 Å². The molecule has 0 amide bonds. The number of hydrogen-bond donors (Lipinski definition) is 2. The lowest BCUT2D eigenvalue weighted by Gasteiger charge is -2.46. The highest BCUT2D eigenvalue weighted by Gasteiger charge is 2.40. The average Bonchev–Trinajstić information content (AvgIpc) is 2.43. The SMILES string of the molecule is CO[C@H](CO)[C@@H]1NC[C@@H](Cc2ccccc2)CC1(C)C. The molecule has 0 radical (unpaired) electrons. The van der Waals surface area contributed by atoms with E-state index in [4.69, 9.17) is 4.74 Å². The summed E-state index contributed by atoms with van der Waals surface area (Å²) < 4.78 is 5.42. The molecule has 112 valence electrons. The highest BCUT2D eigenvalue weighted by molar-refractivity contribution is 5.16. The van der Waals surface area contributed by atoms with Crippen molar-refractivity contribution < 1.29 is 9.84 Å². The predicted molar refractivity (Wildman–Crippen MR) is 81.7 cm³/mol. The second kappa shape index (κ2) is 6.70. The van der Waals surface area contributed by atoms with Gasteiger partial charge >= 0.3 is 0 Å². The molecule has 20 heavy (non-hydrogen) atoms. The van der Waals surface area contributed by atoms with E-state index in [-0.39, 0.29) is 24.2 Å². The number of benzene rings is 1. The maximum atomic E-state index is 9.45. The molecule has 3 nitrogen and oxygen atoms in total. The Hall–Kier alpha value is -0.900. The first-order valence-corrected chi connectivity index (χ1v) is 7.48. The molecular formula is C17H27NO2. The van der Waals surface area contributed by atoms with Crippen molar-refractivity contribution in [2.24, 2.45) is 11.3 Å². The van der Waals surface area contributed by atoms with Gasteiger partial charge in [-0.25, -0.2) is 0 Å². The lowest BCUT2D eigenvalue weighted by molar-refractivity contribution is -0.0318. The second-order valence-corrected chi connectivity index (χ2v) is 6.59. The van der Waals surface area contributed by atoms with E-state index in [0.29, 0.717) is 5.92 Å². The summed E-state index contributed by atoms with van der Waals surface area (Å²) in [6.07, 6.45) is 2.14. The summed E-state index contributed by atoms with van der Waals surface area (Å²) in [5.74, 6) is 0.639. The molecule has 2 rings (SSSR count). The molecule has 0 aliphatic carbocycles. The minimum absolute atomic E-state index is 0.0704. The number of aliphatic hydroxyl groups is 1. The van der Waals surface area contributed by atoms with Crippen LogP contribution >= 0.6 is 0 Å². The van der Waals surface area contributed by atoms with Crippen LogP contribution in [0.25, 0.3) is 0 Å². The molecule has 0 bridgehead atoms. The fourth-order valence-corrected chi connectivity index (χ4v) is 3.56. The van der Waals surface area contributed by atoms with Crippen molar-refractivity contribution in [2.45, 2.75) is 38.8 Å². The van der Waals surface area contributed by atoms with E-state index in [2.05, 4.69) is 49.5 Å². The molecule has 1 fully saturated rings. The number of ether oxygens (including phenoxy) is 1. The van der Waals surface area contributed by atoms with Gasteiger partial charge in [-0.2, -0.15) is 0 Å². The first-order valence-electron chi connectivity index (χ1n) is 7.48. The Balaban J connectivity index is 1.99. The molecule has 0 unspecified atom stereocenters. The second-order valence-electron chi connectivity index (χ2n) is 6.59. The molecule has 0 aromatic heterocycles. The van der Waals surface area contributed by atoms with Crippen LogP contribution in [0.15, 0.2) is 30.3 Å². The number of methoxy groups -OCH3 is 1. The predicted octanol–water partition coefficient (Wildman–Crippen LogP) is 2.24. The molecule has 1 aliphatic rings. The summed E-state index contributed by atoms with van der Waals surface area (Å²) in [4.78, 5) is 0. The van der Waals surface area contributed by atoms with Gasteiger partial charge in [-0.1, -0.05) is 44.2 Å². The zero-order valence-corrected chi connectivity index (χ0v) is 12.8. The monoisotopic (exact) mass is 277 g/mol. The van der Waals surface area contributed by atoms with Crippen LogP contribution < -0.4 is 5.32 Å². The van der Waals surface area contributed by atoms with Crippen LogP contribution in [0.3, 0.4) is 0 Å². The summed E-state index contributed by atoms with van der Waals surface area (Å²) in [5, 5.41) is 13.0. The van der Waals surface area contributed by atoms with Crippen LogP contribution in [0.4, 0.5) is 0 Å². The third kappa shape index (κ3) is 3.60. The van der Waals surface area contributed by atoms with Gasteiger partial charge in [0, 0.05) is 13.2 Å². The fourth-order valence-electron chi connectivity index (χ4n) is 3.56. The zero-order chi connectivity index (χ0) is 14.6. The minimum Gasteiger partial charge on any atom is -0.394 e. The maximum absolute atomic E-state index is 9.45. The van der Waals surface area contributed by atoms with Crippen LogP contribution in [0.5, 0.6) is 0 Å². The molecule has 1 aliphatic heterocycles. The van der Waals surface area contributed by atoms with Gasteiger partial charge in [0.1, 0.15) is 0 Å². The topological polar surface area (TPSA) is 41.5 Å². The molecule has 2 N–H and O–H groups in total. The lowest BCUT2D eigenvalue weighted by atomic mass is 9.70. The van der Waals surface area contributed by atoms with E-state index in [1.54, 1.807) is 7.11 Å². The molecule has 1 aromatic rings. The molecule has 0 saturated carbocycles. The number of piperidine rings is 1. The molecular weight excluding hydrogens is 250 g/mol. The Morgan fingerprint density at radius 1 is 1.35 bits per heavy atom. The summed E-state index contributed by atoms with van der Waals surface area (Å²) >= 11 is 0. The van der Waals surface area contributed by atoms with Crippen LogP contribution in [-0.4, -0.2) is 37.5 Å². The molecule has 1 aromatic carbocycles. The zero-order valence-electron chi connectivity index (χ0n) is 12.8. The van der Waals surface area contributed by atoms with Crippen molar-refractivity contribution in [1.29, 1.82) is 0 Å². The third-order valence-corrected chi connectivity index (χ3v) is 4.50. The largest absolute Gasteiger partial charge is 0.394 e. The van der Waals surface area contributed by atoms with Gasteiger partial charge in [0.15, 0.2) is 0 Å². The Morgan fingerprint density at radius 2 is 2.05 bits per heavy atom. The highest BCUT2D eigenvalue weighted by Crippen LogP contribution is 2.36. The minimum atomic E-state index is -0.123. The van der Waals surface area contributed by atoms with E-state index >= 15 is 0 Å². The van der Waals surface area contributed by atoms with Gasteiger partial charge in [0.25, 0.3) is 0 Å². The molecule has 3 atom stereocenters. The van der Waals surface area contributed by atoms with Crippen molar-refractivity contribution in [1.82, 2.24) is 5.32 Å². The third-order valence-electron chi connectivity index (χ3n) is 4.50. The average molecular weight is 277 g/mol. The Bertz CT molecular complexity index is 401. The summed E-state index contributed by atoms with van der Waals surface area (Å²) in [6, 6.07) is 10.9. The smallest absolute Gasteiger partial charge is 0.0959 e. The summed E-state index contributed by atoms with van der Waals surface area (Å²) in [6.45, 7) is 5.59. The first-order chi connectivity index (χ1) is 9.56. The normalized spacial score (nSPS) is 27.2. The van der Waals surface area contributed by atoms with Gasteiger partial charge < -0.3 is 15.2 Å². The van der Waals surface area contributed by atoms with Gasteiger partial charge in [-0.3, -0.25) is 0 Å². The molecule has 0 spiro atoms. The van der Waals surface area contributed by atoms with Crippen molar-refractivity contribution in [3.63, 3.8) is 0 Å². The number of aliphatic hydroxyl groups excluding tert-OH is 1. The quantitative estimate of drug-likeness (QED) is 0.867. The van der Waals surface area contributed by atoms with Gasteiger partial charge in [0.2, 0.25) is 0 Å². The summed E-state index contributed by atoms with van der Waals surface area (Å²) in [7, 11) is 1.68. The van der Waals surface area contributed by atoms with Gasteiger partial charge in [0.05, 0.1) is 12.7 Å². The van der Waals surface area contributed by atoms with E-state index in [1.807, 2.05) is 0 Å². The fraction of sp³-hybridized carbons (Fsp3) is 0.647. The standard InChI is InChI=1S/C17H27NO2/c1-17(2)10-14(9-13-7-5-4-6-8-13)11-18-16(17)15(12-19)20-3/h4-8,14-16,18-19H,9-12H2,1-3H3/t14-,15+,16-/m0/s1. The summed E-state index contributed by atoms with van der Waals surface area (Å²) in [5.41, 5.74) is 1.53. The molecule has 1 heterocycles. The van der Waals surface area contributed by atoms with Crippen LogP contribution in [0.2, 0.25) is 0 Å². The highest BCUT2D eigenvalue weighted by atomic mass is 16.5. The van der Waals surface area contributed by atoms with Crippen LogP contribution in [0.1, 0.15) is 25.8 Å². The van der Waals surface area contributed by atoms with Gasteiger partial charge in [-0.15, -0.1) is 0 Å². The van der Waals surface area contributed by atoms with E-state index in [1.165, 1.54) is 5.56 Å². The van der Waals surface area contributed by atoms with Crippen molar-refractivity contribution in [3.05, 3.63) is 35.9 Å². The van der Waals surface area contributed by atoms with E-state index < -0.39 is 0 Å². The van der Waals surface area contributed by atoms with E-state index in [9.17, 15) is 5.11 Å². The molecule has 1 saturated heterocycles. The van der Waals surface area contributed by atoms with Crippen molar-refractivity contribution in [2.75, 3.05) is 20.3 Å². The number of nitrogens with one attached hydrogen (secondary N) is 1. The van der Waals surface area contributed by atoms with Gasteiger partial charge in [-0.05, 0) is 36.3 Å². The van der Waals surface area contributed by atoms with Crippen LogP contribution in [0, 0.1) is 11.3 Å². The Morgan fingerprint density at radius 3 is 2.60 bits per heavy atom. The number of rotatable bonds is 5. The van der Waals surface area contributed by atoms with Crippen LogP contribution in [-0.2, 0) is 11.2 Å². The van der Waals surface area contributed by atoms with Crippen molar-refractivity contribution in [3.8, 4) is 0 Å². The maximum Gasteiger partial charge on any atom is 0.0959 e. The Labute approximate surface area is 122 Å². The first kappa shape index (κ1) is 15.5.